The molecule has 5 aromatic carbocycles. The molecule has 2 heteroatoms. The fourth-order valence-corrected chi connectivity index (χ4v) is 3.69. The Bertz CT molecular complexity index is 1090. The Balaban J connectivity index is 2.34. The maximum absolute atomic E-state index is 10.5. The minimum Gasteiger partial charge on any atom is -0.507 e. The van der Waals surface area contributed by atoms with Crippen molar-refractivity contribution in [2.24, 2.45) is 0 Å². The second-order valence-electron chi connectivity index (χ2n) is 5.73. The van der Waals surface area contributed by atoms with Gasteiger partial charge in [0.2, 0.25) is 0 Å². The first-order valence-electron chi connectivity index (χ1n) is 7.26. The Morgan fingerprint density at radius 2 is 0.909 bits per heavy atom. The van der Waals surface area contributed by atoms with Crippen LogP contribution < -0.4 is 0 Å². The number of benzene rings is 5. The quantitative estimate of drug-likeness (QED) is 0.305. The van der Waals surface area contributed by atoms with Gasteiger partial charge in [-0.15, -0.1) is 0 Å². The van der Waals surface area contributed by atoms with Crippen LogP contribution in [-0.4, -0.2) is 10.2 Å². The average Bonchev–Trinajstić information content (AvgIpc) is 2.55. The van der Waals surface area contributed by atoms with E-state index in [1.54, 1.807) is 12.1 Å². The largest absolute Gasteiger partial charge is 0.507 e. The first-order valence-corrected chi connectivity index (χ1v) is 7.26. The van der Waals surface area contributed by atoms with E-state index < -0.39 is 0 Å². The van der Waals surface area contributed by atoms with E-state index in [1.165, 1.54) is 0 Å². The van der Waals surface area contributed by atoms with Crippen molar-refractivity contribution in [1.29, 1.82) is 0 Å². The Morgan fingerprint density at radius 1 is 0.455 bits per heavy atom. The average molecular weight is 284 g/mol. The van der Waals surface area contributed by atoms with Gasteiger partial charge in [0.15, 0.2) is 0 Å². The molecule has 2 N–H and O–H groups in total. The van der Waals surface area contributed by atoms with Gasteiger partial charge in [0.1, 0.15) is 11.5 Å². The first-order chi connectivity index (χ1) is 10.8. The highest BCUT2D eigenvalue weighted by molar-refractivity contribution is 6.35. The molecule has 0 radical (unpaired) electrons. The maximum Gasteiger partial charge on any atom is 0.124 e. The lowest BCUT2D eigenvalue weighted by Crippen LogP contribution is -1.87. The third kappa shape index (κ3) is 1.25. The summed E-state index contributed by atoms with van der Waals surface area (Å²) in [6.07, 6.45) is 0. The van der Waals surface area contributed by atoms with E-state index in [1.807, 2.05) is 36.4 Å². The number of rotatable bonds is 0. The monoisotopic (exact) mass is 284 g/mol. The Morgan fingerprint density at radius 3 is 1.36 bits per heavy atom. The van der Waals surface area contributed by atoms with Gasteiger partial charge in [0.05, 0.1) is 0 Å². The van der Waals surface area contributed by atoms with Crippen molar-refractivity contribution < 1.29 is 10.2 Å². The van der Waals surface area contributed by atoms with Gasteiger partial charge in [-0.2, -0.15) is 0 Å². The summed E-state index contributed by atoms with van der Waals surface area (Å²) in [4.78, 5) is 0. The van der Waals surface area contributed by atoms with E-state index in [9.17, 15) is 10.2 Å². The zero-order chi connectivity index (χ0) is 14.8. The zero-order valence-corrected chi connectivity index (χ0v) is 11.7. The molecule has 0 bridgehead atoms. The predicted molar refractivity (Wildman–Crippen MR) is 91.0 cm³/mol. The van der Waals surface area contributed by atoms with Crippen LogP contribution in [0.15, 0.2) is 60.7 Å². The summed E-state index contributed by atoms with van der Waals surface area (Å²) < 4.78 is 0. The van der Waals surface area contributed by atoms with Crippen molar-refractivity contribution in [3.8, 4) is 11.5 Å². The standard InChI is InChI=1S/C20H12O2/c21-15-9-7-11-3-1-5-13-14-6-2-4-12-8-10-16(22)20(18(12)14)19(15)17(11)13/h1-10,21-22H. The Hall–Kier alpha value is -3.00. The Labute approximate surface area is 126 Å². The fraction of sp³-hybridized carbons (Fsp3) is 0. The summed E-state index contributed by atoms with van der Waals surface area (Å²) in [5.41, 5.74) is 0. The van der Waals surface area contributed by atoms with Crippen LogP contribution in [0, 0.1) is 0 Å². The summed E-state index contributed by atoms with van der Waals surface area (Å²) in [7, 11) is 0. The number of fused-ring (bicyclic) bond motifs is 2. The van der Waals surface area contributed by atoms with Gasteiger partial charge in [-0.1, -0.05) is 48.5 Å². The molecule has 0 saturated heterocycles. The minimum absolute atomic E-state index is 0.206. The highest BCUT2D eigenvalue weighted by Crippen LogP contribution is 2.46. The van der Waals surface area contributed by atoms with Crippen LogP contribution in [0.25, 0.3) is 43.1 Å². The van der Waals surface area contributed by atoms with Crippen molar-refractivity contribution in [1.82, 2.24) is 0 Å². The maximum atomic E-state index is 10.5. The lowest BCUT2D eigenvalue weighted by molar-refractivity contribution is 0.477. The van der Waals surface area contributed by atoms with Gasteiger partial charge >= 0.3 is 0 Å². The lowest BCUT2D eigenvalue weighted by atomic mass is 9.89. The summed E-state index contributed by atoms with van der Waals surface area (Å²) in [6.45, 7) is 0. The molecule has 22 heavy (non-hydrogen) atoms. The van der Waals surface area contributed by atoms with E-state index >= 15 is 0 Å². The van der Waals surface area contributed by atoms with Crippen molar-refractivity contribution in [3.05, 3.63) is 60.7 Å². The molecule has 0 aliphatic heterocycles. The minimum atomic E-state index is 0.206. The molecule has 0 atom stereocenters. The van der Waals surface area contributed by atoms with E-state index in [2.05, 4.69) is 12.1 Å². The van der Waals surface area contributed by atoms with Gasteiger partial charge in [-0.3, -0.25) is 0 Å². The van der Waals surface area contributed by atoms with Crippen LogP contribution in [-0.2, 0) is 0 Å². The molecular weight excluding hydrogens is 272 g/mol. The van der Waals surface area contributed by atoms with E-state index in [0.717, 1.165) is 43.1 Å². The molecule has 104 valence electrons. The number of hydrogen-bond donors (Lipinski definition) is 2. The molecule has 0 aliphatic rings. The van der Waals surface area contributed by atoms with Crippen molar-refractivity contribution >= 4 is 43.1 Å². The van der Waals surface area contributed by atoms with Crippen LogP contribution in [0.2, 0.25) is 0 Å². The van der Waals surface area contributed by atoms with Crippen LogP contribution in [0.1, 0.15) is 0 Å². The third-order valence-electron chi connectivity index (χ3n) is 4.59. The van der Waals surface area contributed by atoms with Crippen LogP contribution >= 0.6 is 0 Å². The van der Waals surface area contributed by atoms with E-state index in [-0.39, 0.29) is 11.5 Å². The molecule has 0 heterocycles. The fourth-order valence-electron chi connectivity index (χ4n) is 3.69. The van der Waals surface area contributed by atoms with Gasteiger partial charge in [-0.05, 0) is 33.7 Å². The molecular formula is C20H12O2. The molecule has 0 aliphatic carbocycles. The molecule has 2 nitrogen and oxygen atoms in total. The third-order valence-corrected chi connectivity index (χ3v) is 4.59. The number of hydrogen-bond acceptors (Lipinski definition) is 2. The normalized spacial score (nSPS) is 12.0. The van der Waals surface area contributed by atoms with Crippen molar-refractivity contribution in [3.63, 3.8) is 0 Å². The van der Waals surface area contributed by atoms with Crippen molar-refractivity contribution in [2.75, 3.05) is 0 Å². The second kappa shape index (κ2) is 3.80. The zero-order valence-electron chi connectivity index (χ0n) is 11.7. The van der Waals surface area contributed by atoms with Crippen LogP contribution in [0.3, 0.4) is 0 Å². The predicted octanol–water partition coefficient (Wildman–Crippen LogP) is 5.15. The van der Waals surface area contributed by atoms with E-state index in [0.29, 0.717) is 0 Å². The SMILES string of the molecule is Oc1ccc2cccc3c4cccc5ccc(O)c(c1c23)c54. The Kier molecular flexibility index (Phi) is 2.01. The molecule has 5 rings (SSSR count). The molecule has 5 aromatic rings. The number of aromatic hydroxyl groups is 2. The van der Waals surface area contributed by atoms with Crippen LogP contribution in [0.4, 0.5) is 0 Å². The van der Waals surface area contributed by atoms with Gasteiger partial charge in [0.25, 0.3) is 0 Å². The molecule has 0 saturated carbocycles. The smallest absolute Gasteiger partial charge is 0.124 e. The van der Waals surface area contributed by atoms with Gasteiger partial charge in [0, 0.05) is 21.5 Å². The van der Waals surface area contributed by atoms with Crippen molar-refractivity contribution in [2.45, 2.75) is 0 Å². The van der Waals surface area contributed by atoms with Crippen LogP contribution in [0.5, 0.6) is 11.5 Å². The number of phenolic OH excluding ortho intramolecular Hbond substituents is 2. The highest BCUT2D eigenvalue weighted by Gasteiger charge is 2.17. The summed E-state index contributed by atoms with van der Waals surface area (Å²) in [5.74, 6) is 0.412. The molecule has 0 aromatic heterocycles. The lowest BCUT2D eigenvalue weighted by Gasteiger charge is -2.15. The summed E-state index contributed by atoms with van der Waals surface area (Å²) >= 11 is 0. The molecule has 0 fully saturated rings. The molecule has 0 amide bonds. The molecule has 0 unspecified atom stereocenters. The van der Waals surface area contributed by atoms with E-state index in [4.69, 9.17) is 0 Å². The topological polar surface area (TPSA) is 40.5 Å². The van der Waals surface area contributed by atoms with Gasteiger partial charge in [-0.25, -0.2) is 0 Å². The second-order valence-corrected chi connectivity index (χ2v) is 5.73. The first kappa shape index (κ1) is 11.6. The summed E-state index contributed by atoms with van der Waals surface area (Å²) in [6, 6.07) is 19.5. The molecule has 0 spiro atoms. The van der Waals surface area contributed by atoms with Gasteiger partial charge < -0.3 is 10.2 Å². The number of phenols is 2. The summed E-state index contributed by atoms with van der Waals surface area (Å²) in [5, 5.41) is 28.7. The highest BCUT2D eigenvalue weighted by atomic mass is 16.3.